The van der Waals surface area contributed by atoms with Crippen LogP contribution in [0.25, 0.3) is 0 Å². The molecule has 0 heterocycles. The molecule has 162 valence electrons. The molecule has 0 aromatic heterocycles. The van der Waals surface area contributed by atoms with E-state index < -0.39 is 15.8 Å². The molecule has 5 nitrogen and oxygen atoms in total. The number of para-hydroxylation sites is 1. The summed E-state index contributed by atoms with van der Waals surface area (Å²) in [6.45, 7) is 4.19. The number of halogens is 1. The molecule has 3 rings (SSSR count). The molecule has 31 heavy (non-hydrogen) atoms. The number of carbonyl (C=O) groups excluding carboxylic acids is 1. The summed E-state index contributed by atoms with van der Waals surface area (Å²) in [5.41, 5.74) is 1.94. The van der Waals surface area contributed by atoms with Crippen molar-refractivity contribution in [2.75, 3.05) is 17.0 Å². The Morgan fingerprint density at radius 1 is 1.00 bits per heavy atom. The molecule has 2 N–H and O–H groups in total. The Kier molecular flexibility index (Phi) is 7.35. The number of nitrogens with one attached hydrogen (secondary N) is 2. The number of rotatable bonds is 8. The van der Waals surface area contributed by atoms with E-state index in [1.54, 1.807) is 24.8 Å². The lowest BCUT2D eigenvalue weighted by molar-refractivity contribution is 0.0955. The van der Waals surface area contributed by atoms with Crippen LogP contribution in [0, 0.1) is 19.7 Å². The smallest absolute Gasteiger partial charge is 0.262 e. The van der Waals surface area contributed by atoms with Gasteiger partial charge in [-0.15, -0.1) is 11.8 Å². The van der Waals surface area contributed by atoms with E-state index in [0.717, 1.165) is 4.90 Å². The van der Waals surface area contributed by atoms with Crippen LogP contribution in [0.1, 0.15) is 21.5 Å². The Morgan fingerprint density at radius 3 is 2.42 bits per heavy atom. The average Bonchev–Trinajstić information content (AvgIpc) is 2.74. The molecule has 0 aliphatic rings. The molecule has 8 heteroatoms. The molecule has 0 aliphatic carbocycles. The molecule has 3 aromatic carbocycles. The first-order valence-corrected chi connectivity index (χ1v) is 12.1. The van der Waals surface area contributed by atoms with Gasteiger partial charge >= 0.3 is 0 Å². The van der Waals surface area contributed by atoms with E-state index in [2.05, 4.69) is 10.0 Å². The van der Waals surface area contributed by atoms with Crippen LogP contribution in [0.2, 0.25) is 0 Å². The Bertz CT molecular complexity index is 1180. The van der Waals surface area contributed by atoms with Gasteiger partial charge in [-0.1, -0.05) is 35.9 Å². The van der Waals surface area contributed by atoms with Gasteiger partial charge in [0.05, 0.1) is 10.6 Å². The topological polar surface area (TPSA) is 75.3 Å². The van der Waals surface area contributed by atoms with E-state index >= 15 is 0 Å². The number of amides is 1. The minimum Gasteiger partial charge on any atom is -0.351 e. The number of aryl methyl sites for hydroxylation is 2. The van der Waals surface area contributed by atoms with Gasteiger partial charge in [-0.25, -0.2) is 12.8 Å². The molecule has 3 aromatic rings. The molecule has 0 saturated heterocycles. The predicted octanol–water partition coefficient (Wildman–Crippen LogP) is 4.77. The quantitative estimate of drug-likeness (QED) is 0.377. The fourth-order valence-electron chi connectivity index (χ4n) is 2.82. The van der Waals surface area contributed by atoms with Crippen LogP contribution in [0.5, 0.6) is 0 Å². The maximum atomic E-state index is 13.8. The highest BCUT2D eigenvalue weighted by molar-refractivity contribution is 7.99. The second-order valence-electron chi connectivity index (χ2n) is 6.98. The van der Waals surface area contributed by atoms with Crippen LogP contribution in [-0.4, -0.2) is 26.6 Å². The van der Waals surface area contributed by atoms with Crippen molar-refractivity contribution in [1.29, 1.82) is 0 Å². The average molecular weight is 459 g/mol. The Labute approximate surface area is 186 Å². The first-order valence-electron chi connectivity index (χ1n) is 9.62. The third-order valence-electron chi connectivity index (χ3n) is 4.56. The van der Waals surface area contributed by atoms with Gasteiger partial charge in [0.2, 0.25) is 0 Å². The van der Waals surface area contributed by atoms with E-state index in [1.807, 2.05) is 31.2 Å². The van der Waals surface area contributed by atoms with Crippen molar-refractivity contribution in [2.45, 2.75) is 23.6 Å². The van der Waals surface area contributed by atoms with Gasteiger partial charge < -0.3 is 5.32 Å². The van der Waals surface area contributed by atoms with Crippen LogP contribution in [0.15, 0.2) is 76.5 Å². The lowest BCUT2D eigenvalue weighted by Crippen LogP contribution is -2.27. The lowest BCUT2D eigenvalue weighted by atomic mass is 10.1. The fraction of sp³-hybridized carbons (Fsp3) is 0.174. The summed E-state index contributed by atoms with van der Waals surface area (Å²) in [7, 11) is -4.05. The summed E-state index contributed by atoms with van der Waals surface area (Å²) in [6, 6.07) is 17.9. The molecule has 0 fully saturated rings. The van der Waals surface area contributed by atoms with Gasteiger partial charge in [-0.05, 0) is 55.8 Å². The summed E-state index contributed by atoms with van der Waals surface area (Å²) >= 11 is 1.62. The van der Waals surface area contributed by atoms with Crippen molar-refractivity contribution < 1.29 is 17.6 Å². The number of hydrogen-bond donors (Lipinski definition) is 2. The number of anilines is 1. The summed E-state index contributed by atoms with van der Waals surface area (Å²) < 4.78 is 41.4. The second-order valence-corrected chi connectivity index (χ2v) is 9.83. The van der Waals surface area contributed by atoms with Crippen molar-refractivity contribution in [3.63, 3.8) is 0 Å². The lowest BCUT2D eigenvalue weighted by Gasteiger charge is -2.12. The number of hydrogen-bond acceptors (Lipinski definition) is 4. The SMILES string of the molecule is Cc1ccc(SCCNC(=O)c2cc(S(=O)(=O)Nc3ccccc3F)ccc2C)cc1. The van der Waals surface area contributed by atoms with Crippen molar-refractivity contribution in [1.82, 2.24) is 5.32 Å². The molecule has 0 bridgehead atoms. The zero-order valence-corrected chi connectivity index (χ0v) is 18.8. The third-order valence-corrected chi connectivity index (χ3v) is 6.94. The van der Waals surface area contributed by atoms with Crippen molar-refractivity contribution in [3.8, 4) is 0 Å². The van der Waals surface area contributed by atoms with Gasteiger partial charge in [0.1, 0.15) is 5.82 Å². The first-order chi connectivity index (χ1) is 14.8. The monoisotopic (exact) mass is 458 g/mol. The summed E-state index contributed by atoms with van der Waals surface area (Å²) in [5, 5.41) is 2.82. The molecule has 0 spiro atoms. The number of thioether (sulfide) groups is 1. The van der Waals surface area contributed by atoms with E-state index in [0.29, 0.717) is 17.9 Å². The number of carbonyl (C=O) groups is 1. The molecule has 0 unspecified atom stereocenters. The Morgan fingerprint density at radius 2 is 1.71 bits per heavy atom. The number of sulfonamides is 1. The van der Waals surface area contributed by atoms with Crippen LogP contribution in [0.4, 0.5) is 10.1 Å². The molecular weight excluding hydrogens is 435 g/mol. The van der Waals surface area contributed by atoms with Gasteiger partial charge in [0.25, 0.3) is 15.9 Å². The van der Waals surface area contributed by atoms with Crippen LogP contribution >= 0.6 is 11.8 Å². The molecule has 0 saturated carbocycles. The van der Waals surface area contributed by atoms with E-state index in [4.69, 9.17) is 0 Å². The summed E-state index contributed by atoms with van der Waals surface area (Å²) in [5.74, 6) is -0.354. The highest BCUT2D eigenvalue weighted by Crippen LogP contribution is 2.21. The summed E-state index contributed by atoms with van der Waals surface area (Å²) in [4.78, 5) is 13.6. The maximum Gasteiger partial charge on any atom is 0.262 e. The van der Waals surface area contributed by atoms with Gasteiger partial charge in [-0.2, -0.15) is 0 Å². The normalized spacial score (nSPS) is 11.2. The highest BCUT2D eigenvalue weighted by Gasteiger charge is 2.19. The first kappa shape index (κ1) is 22.8. The standard InChI is InChI=1S/C23H23FN2O3S2/c1-16-7-10-18(11-8-16)30-14-13-25-23(27)20-15-19(12-9-17(20)2)31(28,29)26-22-6-4-3-5-21(22)24/h3-12,15,26H,13-14H2,1-2H3,(H,25,27). The van der Waals surface area contributed by atoms with Crippen LogP contribution in [0.3, 0.4) is 0 Å². The molecule has 0 atom stereocenters. The molecule has 0 aliphatic heterocycles. The van der Waals surface area contributed by atoms with E-state index in [9.17, 15) is 17.6 Å². The minimum atomic E-state index is -4.05. The highest BCUT2D eigenvalue weighted by atomic mass is 32.2. The maximum absolute atomic E-state index is 13.8. The minimum absolute atomic E-state index is 0.111. The zero-order valence-electron chi connectivity index (χ0n) is 17.2. The van der Waals surface area contributed by atoms with Gasteiger partial charge in [0.15, 0.2) is 0 Å². The Balaban J connectivity index is 1.66. The van der Waals surface area contributed by atoms with Crippen LogP contribution in [-0.2, 0) is 10.0 Å². The Hall–Kier alpha value is -2.84. The second kappa shape index (κ2) is 9.98. The summed E-state index contributed by atoms with van der Waals surface area (Å²) in [6.07, 6.45) is 0. The molecule has 1 amide bonds. The zero-order chi connectivity index (χ0) is 22.4. The van der Waals surface area contributed by atoms with Gasteiger partial charge in [-0.3, -0.25) is 9.52 Å². The van der Waals surface area contributed by atoms with Gasteiger partial charge in [0, 0.05) is 22.8 Å². The van der Waals surface area contributed by atoms with Crippen molar-refractivity contribution in [2.24, 2.45) is 0 Å². The van der Waals surface area contributed by atoms with Crippen LogP contribution < -0.4 is 10.0 Å². The van der Waals surface area contributed by atoms with Crippen molar-refractivity contribution in [3.05, 3.63) is 89.2 Å². The molecule has 0 radical (unpaired) electrons. The van der Waals surface area contributed by atoms with E-state index in [1.165, 1.54) is 42.0 Å². The largest absolute Gasteiger partial charge is 0.351 e. The van der Waals surface area contributed by atoms with E-state index in [-0.39, 0.29) is 22.1 Å². The molecular formula is C23H23FN2O3S2. The fourth-order valence-corrected chi connectivity index (χ4v) is 4.69. The number of benzene rings is 3. The predicted molar refractivity (Wildman–Crippen MR) is 123 cm³/mol. The van der Waals surface area contributed by atoms with Crippen molar-refractivity contribution >= 4 is 33.4 Å². The third kappa shape index (κ3) is 6.08.